The van der Waals surface area contributed by atoms with E-state index in [9.17, 15) is 0 Å². The SMILES string of the molecule is CC1(C)CCCCC1(N)Cc1cncc(Br)c1. The topological polar surface area (TPSA) is 38.9 Å². The second-order valence-corrected chi connectivity index (χ2v) is 6.85. The summed E-state index contributed by atoms with van der Waals surface area (Å²) in [7, 11) is 0. The summed E-state index contributed by atoms with van der Waals surface area (Å²) >= 11 is 3.47. The lowest BCUT2D eigenvalue weighted by atomic mass is 9.61. The Morgan fingerprint density at radius 1 is 1.29 bits per heavy atom. The van der Waals surface area contributed by atoms with Gasteiger partial charge in [0.1, 0.15) is 0 Å². The first-order valence-electron chi connectivity index (χ1n) is 6.31. The smallest absolute Gasteiger partial charge is 0.0410 e. The Bertz CT molecular complexity index is 403. The zero-order valence-electron chi connectivity index (χ0n) is 10.7. The number of aromatic nitrogens is 1. The van der Waals surface area contributed by atoms with E-state index in [1.54, 1.807) is 0 Å². The second-order valence-electron chi connectivity index (χ2n) is 5.94. The number of hydrogen-bond donors (Lipinski definition) is 1. The van der Waals surface area contributed by atoms with Gasteiger partial charge in [0, 0.05) is 22.4 Å². The predicted molar refractivity (Wildman–Crippen MR) is 74.8 cm³/mol. The third-order valence-electron chi connectivity index (χ3n) is 4.30. The molecule has 2 rings (SSSR count). The summed E-state index contributed by atoms with van der Waals surface area (Å²) in [5.74, 6) is 0. The summed E-state index contributed by atoms with van der Waals surface area (Å²) < 4.78 is 1.03. The van der Waals surface area contributed by atoms with Gasteiger partial charge in [-0.25, -0.2) is 0 Å². The summed E-state index contributed by atoms with van der Waals surface area (Å²) in [6, 6.07) is 2.13. The van der Waals surface area contributed by atoms with Crippen molar-refractivity contribution in [2.24, 2.45) is 11.1 Å². The van der Waals surface area contributed by atoms with Crippen molar-refractivity contribution < 1.29 is 0 Å². The Kier molecular flexibility index (Phi) is 3.60. The number of pyridine rings is 1. The molecule has 1 aromatic rings. The molecule has 1 aliphatic rings. The van der Waals surface area contributed by atoms with Crippen molar-refractivity contribution in [1.29, 1.82) is 0 Å². The van der Waals surface area contributed by atoms with Gasteiger partial charge in [0.15, 0.2) is 0 Å². The van der Waals surface area contributed by atoms with Crippen LogP contribution >= 0.6 is 15.9 Å². The molecule has 1 aromatic heterocycles. The van der Waals surface area contributed by atoms with Crippen LogP contribution in [0, 0.1) is 5.41 Å². The molecule has 17 heavy (non-hydrogen) atoms. The number of nitrogens with two attached hydrogens (primary N) is 1. The average Bonchev–Trinajstić information content (AvgIpc) is 2.23. The summed E-state index contributed by atoms with van der Waals surface area (Å²) in [5.41, 5.74) is 8.04. The van der Waals surface area contributed by atoms with Crippen LogP contribution in [0.5, 0.6) is 0 Å². The van der Waals surface area contributed by atoms with Gasteiger partial charge < -0.3 is 5.73 Å². The lowest BCUT2D eigenvalue weighted by molar-refractivity contribution is 0.0989. The number of hydrogen-bond acceptors (Lipinski definition) is 2. The monoisotopic (exact) mass is 296 g/mol. The fourth-order valence-electron chi connectivity index (χ4n) is 2.84. The fourth-order valence-corrected chi connectivity index (χ4v) is 3.25. The average molecular weight is 297 g/mol. The van der Waals surface area contributed by atoms with Crippen LogP contribution < -0.4 is 5.73 Å². The van der Waals surface area contributed by atoms with Gasteiger partial charge in [-0.15, -0.1) is 0 Å². The van der Waals surface area contributed by atoms with E-state index in [-0.39, 0.29) is 11.0 Å². The van der Waals surface area contributed by atoms with E-state index in [0.717, 1.165) is 17.3 Å². The Hall–Kier alpha value is -0.410. The minimum atomic E-state index is -0.0896. The first-order valence-corrected chi connectivity index (χ1v) is 7.11. The minimum Gasteiger partial charge on any atom is -0.324 e. The van der Waals surface area contributed by atoms with E-state index >= 15 is 0 Å². The van der Waals surface area contributed by atoms with Gasteiger partial charge in [0.2, 0.25) is 0 Å². The van der Waals surface area contributed by atoms with E-state index < -0.39 is 0 Å². The Morgan fingerprint density at radius 3 is 2.65 bits per heavy atom. The van der Waals surface area contributed by atoms with Gasteiger partial charge in [-0.2, -0.15) is 0 Å². The highest BCUT2D eigenvalue weighted by molar-refractivity contribution is 9.10. The van der Waals surface area contributed by atoms with Gasteiger partial charge >= 0.3 is 0 Å². The molecule has 1 saturated carbocycles. The molecule has 0 bridgehead atoms. The van der Waals surface area contributed by atoms with Crippen LogP contribution in [0.3, 0.4) is 0 Å². The highest BCUT2D eigenvalue weighted by Crippen LogP contribution is 2.43. The van der Waals surface area contributed by atoms with Crippen LogP contribution in [0.15, 0.2) is 22.9 Å². The van der Waals surface area contributed by atoms with Gasteiger partial charge in [0.05, 0.1) is 0 Å². The third-order valence-corrected chi connectivity index (χ3v) is 4.74. The molecule has 0 aliphatic heterocycles. The van der Waals surface area contributed by atoms with Crippen LogP contribution in [-0.2, 0) is 6.42 Å². The van der Waals surface area contributed by atoms with Crippen LogP contribution in [0.2, 0.25) is 0 Å². The van der Waals surface area contributed by atoms with Crippen LogP contribution in [0.25, 0.3) is 0 Å². The highest BCUT2D eigenvalue weighted by atomic mass is 79.9. The third kappa shape index (κ3) is 2.71. The molecule has 0 radical (unpaired) electrons. The van der Waals surface area contributed by atoms with Crippen LogP contribution in [0.4, 0.5) is 0 Å². The zero-order valence-corrected chi connectivity index (χ0v) is 12.3. The van der Waals surface area contributed by atoms with E-state index in [4.69, 9.17) is 5.73 Å². The molecule has 3 heteroatoms. The number of halogens is 1. The van der Waals surface area contributed by atoms with Crippen LogP contribution in [-0.4, -0.2) is 10.5 Å². The van der Waals surface area contributed by atoms with Crippen molar-refractivity contribution in [3.63, 3.8) is 0 Å². The van der Waals surface area contributed by atoms with E-state index in [1.807, 2.05) is 12.4 Å². The first-order chi connectivity index (χ1) is 7.93. The summed E-state index contributed by atoms with van der Waals surface area (Å²) in [6.45, 7) is 4.61. The fraction of sp³-hybridized carbons (Fsp3) is 0.643. The lowest BCUT2D eigenvalue weighted by Gasteiger charge is -2.48. The summed E-state index contributed by atoms with van der Waals surface area (Å²) in [4.78, 5) is 4.23. The molecule has 0 spiro atoms. The molecule has 94 valence electrons. The van der Waals surface area contributed by atoms with Crippen molar-refractivity contribution in [2.75, 3.05) is 0 Å². The maximum absolute atomic E-state index is 6.68. The second kappa shape index (κ2) is 4.69. The Labute approximate surface area is 112 Å². The van der Waals surface area contributed by atoms with Gasteiger partial charge in [0.25, 0.3) is 0 Å². The van der Waals surface area contributed by atoms with Crippen molar-refractivity contribution in [1.82, 2.24) is 4.98 Å². The number of nitrogens with zero attached hydrogens (tertiary/aromatic N) is 1. The summed E-state index contributed by atoms with van der Waals surface area (Å²) in [6.07, 6.45) is 9.58. The van der Waals surface area contributed by atoms with Gasteiger partial charge in [-0.3, -0.25) is 4.98 Å². The Morgan fingerprint density at radius 2 is 2.00 bits per heavy atom. The molecule has 1 atom stereocenters. The minimum absolute atomic E-state index is 0.0896. The predicted octanol–water partition coefficient (Wildman–Crippen LogP) is 3.68. The molecule has 2 N–H and O–H groups in total. The molecule has 1 fully saturated rings. The first kappa shape index (κ1) is 13.0. The largest absolute Gasteiger partial charge is 0.324 e. The quantitative estimate of drug-likeness (QED) is 0.904. The highest BCUT2D eigenvalue weighted by Gasteiger charge is 2.43. The molecule has 1 aliphatic carbocycles. The number of rotatable bonds is 2. The Balaban J connectivity index is 2.21. The molecular formula is C14H21BrN2. The molecule has 0 amide bonds. The maximum atomic E-state index is 6.68. The van der Waals surface area contributed by atoms with Crippen molar-refractivity contribution in [3.8, 4) is 0 Å². The normalized spacial score (nSPS) is 28.0. The zero-order chi connectivity index (χ0) is 12.5. The van der Waals surface area contributed by atoms with E-state index in [2.05, 4.69) is 40.8 Å². The van der Waals surface area contributed by atoms with Gasteiger partial charge in [-0.1, -0.05) is 26.7 Å². The molecule has 1 unspecified atom stereocenters. The van der Waals surface area contributed by atoms with Crippen molar-refractivity contribution >= 4 is 15.9 Å². The standard InChI is InChI=1S/C14H21BrN2/c1-13(2)5-3-4-6-14(13,16)8-11-7-12(15)10-17-9-11/h7,9-10H,3-6,8,16H2,1-2H3. The molecule has 1 heterocycles. The van der Waals surface area contributed by atoms with Crippen molar-refractivity contribution in [2.45, 2.75) is 51.5 Å². The molecule has 2 nitrogen and oxygen atoms in total. The lowest BCUT2D eigenvalue weighted by Crippen LogP contribution is -2.56. The molecular weight excluding hydrogens is 276 g/mol. The maximum Gasteiger partial charge on any atom is 0.0410 e. The van der Waals surface area contributed by atoms with E-state index in [0.29, 0.717) is 0 Å². The van der Waals surface area contributed by atoms with Crippen LogP contribution in [0.1, 0.15) is 45.1 Å². The van der Waals surface area contributed by atoms with Crippen molar-refractivity contribution in [3.05, 3.63) is 28.5 Å². The molecule has 0 aromatic carbocycles. The van der Waals surface area contributed by atoms with Gasteiger partial charge in [-0.05, 0) is 52.2 Å². The molecule has 0 saturated heterocycles. The van der Waals surface area contributed by atoms with E-state index in [1.165, 1.54) is 24.8 Å². The summed E-state index contributed by atoms with van der Waals surface area (Å²) in [5, 5.41) is 0.